The van der Waals surface area contributed by atoms with Crippen molar-refractivity contribution in [2.45, 2.75) is 33.2 Å². The SMILES string of the molecule is Cc1csc(CCNC(C)c2sccc2C)n1. The molecule has 0 aliphatic rings. The molecule has 92 valence electrons. The summed E-state index contributed by atoms with van der Waals surface area (Å²) < 4.78 is 0. The summed E-state index contributed by atoms with van der Waals surface area (Å²) in [6, 6.07) is 2.62. The van der Waals surface area contributed by atoms with Crippen molar-refractivity contribution in [1.29, 1.82) is 0 Å². The van der Waals surface area contributed by atoms with E-state index >= 15 is 0 Å². The molecule has 1 atom stereocenters. The Morgan fingerprint density at radius 2 is 2.18 bits per heavy atom. The van der Waals surface area contributed by atoms with Gasteiger partial charge in [-0.3, -0.25) is 0 Å². The number of thiophene rings is 1. The molecule has 17 heavy (non-hydrogen) atoms. The van der Waals surface area contributed by atoms with Crippen molar-refractivity contribution < 1.29 is 0 Å². The molecule has 2 aromatic heterocycles. The fourth-order valence-corrected chi connectivity index (χ4v) is 3.57. The van der Waals surface area contributed by atoms with Crippen LogP contribution in [0.15, 0.2) is 16.8 Å². The highest BCUT2D eigenvalue weighted by Crippen LogP contribution is 2.23. The van der Waals surface area contributed by atoms with Gasteiger partial charge in [0.15, 0.2) is 0 Å². The van der Waals surface area contributed by atoms with Gasteiger partial charge in [0.1, 0.15) is 0 Å². The van der Waals surface area contributed by atoms with E-state index in [0.29, 0.717) is 6.04 Å². The maximum Gasteiger partial charge on any atom is 0.0940 e. The predicted octanol–water partition coefficient (Wildman–Crippen LogP) is 3.71. The van der Waals surface area contributed by atoms with Crippen molar-refractivity contribution in [3.8, 4) is 0 Å². The van der Waals surface area contributed by atoms with E-state index < -0.39 is 0 Å². The topological polar surface area (TPSA) is 24.9 Å². The Balaban J connectivity index is 1.81. The van der Waals surface area contributed by atoms with Gasteiger partial charge in [-0.15, -0.1) is 22.7 Å². The highest BCUT2D eigenvalue weighted by molar-refractivity contribution is 7.10. The molecule has 0 fully saturated rings. The molecule has 0 aromatic carbocycles. The Bertz CT molecular complexity index is 473. The molecular formula is C13H18N2S2. The standard InChI is InChI=1S/C13H18N2S2/c1-9-5-7-16-13(9)11(3)14-6-4-12-15-10(2)8-17-12/h5,7-8,11,14H,4,6H2,1-3H3. The van der Waals surface area contributed by atoms with Crippen molar-refractivity contribution in [3.63, 3.8) is 0 Å². The van der Waals surface area contributed by atoms with Crippen LogP contribution in [0, 0.1) is 13.8 Å². The summed E-state index contributed by atoms with van der Waals surface area (Å²) in [4.78, 5) is 5.91. The number of hydrogen-bond acceptors (Lipinski definition) is 4. The molecule has 0 spiro atoms. The first-order chi connectivity index (χ1) is 8.16. The number of nitrogens with one attached hydrogen (secondary N) is 1. The minimum Gasteiger partial charge on any atom is -0.309 e. The lowest BCUT2D eigenvalue weighted by atomic mass is 10.2. The Hall–Kier alpha value is -0.710. The third kappa shape index (κ3) is 3.37. The lowest BCUT2D eigenvalue weighted by Crippen LogP contribution is -2.21. The molecular weight excluding hydrogens is 248 g/mol. The molecule has 2 rings (SSSR count). The lowest BCUT2D eigenvalue weighted by molar-refractivity contribution is 0.582. The largest absolute Gasteiger partial charge is 0.309 e. The van der Waals surface area contributed by atoms with Crippen molar-refractivity contribution in [2.75, 3.05) is 6.54 Å². The second-order valence-electron chi connectivity index (χ2n) is 4.28. The van der Waals surface area contributed by atoms with Crippen molar-refractivity contribution in [3.05, 3.63) is 38.0 Å². The first-order valence-electron chi connectivity index (χ1n) is 5.85. The summed E-state index contributed by atoms with van der Waals surface area (Å²) in [5.74, 6) is 0. The molecule has 1 N–H and O–H groups in total. The van der Waals surface area contributed by atoms with E-state index in [0.717, 1.165) is 18.7 Å². The third-order valence-electron chi connectivity index (χ3n) is 2.75. The van der Waals surface area contributed by atoms with E-state index in [9.17, 15) is 0 Å². The van der Waals surface area contributed by atoms with Crippen molar-refractivity contribution in [1.82, 2.24) is 10.3 Å². The van der Waals surface area contributed by atoms with Gasteiger partial charge >= 0.3 is 0 Å². The van der Waals surface area contributed by atoms with Gasteiger partial charge in [0, 0.05) is 35.0 Å². The zero-order chi connectivity index (χ0) is 12.3. The van der Waals surface area contributed by atoms with Gasteiger partial charge in [-0.2, -0.15) is 0 Å². The first-order valence-corrected chi connectivity index (χ1v) is 7.61. The summed E-state index contributed by atoms with van der Waals surface area (Å²) in [6.45, 7) is 7.44. The van der Waals surface area contributed by atoms with E-state index in [1.807, 2.05) is 18.3 Å². The molecule has 0 bridgehead atoms. The van der Waals surface area contributed by atoms with Crippen LogP contribution in [0.1, 0.15) is 34.1 Å². The first kappa shape index (κ1) is 12.7. The molecule has 0 radical (unpaired) electrons. The van der Waals surface area contributed by atoms with Gasteiger partial charge in [0.05, 0.1) is 5.01 Å². The van der Waals surface area contributed by atoms with E-state index in [1.165, 1.54) is 15.4 Å². The summed E-state index contributed by atoms with van der Waals surface area (Å²) in [6.07, 6.45) is 1.02. The number of aryl methyl sites for hydroxylation is 2. The molecule has 2 nitrogen and oxygen atoms in total. The number of hydrogen-bond donors (Lipinski definition) is 1. The quantitative estimate of drug-likeness (QED) is 0.892. The monoisotopic (exact) mass is 266 g/mol. The lowest BCUT2D eigenvalue weighted by Gasteiger charge is -2.12. The van der Waals surface area contributed by atoms with Crippen LogP contribution in [-0.4, -0.2) is 11.5 Å². The zero-order valence-corrected chi connectivity index (χ0v) is 12.1. The number of rotatable bonds is 5. The van der Waals surface area contributed by atoms with Crippen LogP contribution in [0.5, 0.6) is 0 Å². The minimum absolute atomic E-state index is 0.441. The van der Waals surface area contributed by atoms with Gasteiger partial charge in [0.25, 0.3) is 0 Å². The van der Waals surface area contributed by atoms with Crippen molar-refractivity contribution >= 4 is 22.7 Å². The van der Waals surface area contributed by atoms with Crippen LogP contribution in [0.2, 0.25) is 0 Å². The minimum atomic E-state index is 0.441. The normalized spacial score (nSPS) is 12.9. The average molecular weight is 266 g/mol. The van der Waals surface area contributed by atoms with Gasteiger partial charge in [-0.1, -0.05) is 0 Å². The zero-order valence-electron chi connectivity index (χ0n) is 10.5. The fraction of sp³-hybridized carbons (Fsp3) is 0.462. The van der Waals surface area contributed by atoms with Crippen LogP contribution in [-0.2, 0) is 6.42 Å². The number of thiazole rings is 1. The predicted molar refractivity (Wildman–Crippen MR) is 76.0 cm³/mol. The molecule has 0 saturated carbocycles. The van der Waals surface area contributed by atoms with E-state index in [4.69, 9.17) is 0 Å². The maximum atomic E-state index is 4.47. The molecule has 0 aliphatic heterocycles. The maximum absolute atomic E-state index is 4.47. The molecule has 0 amide bonds. The summed E-state index contributed by atoms with van der Waals surface area (Å²) in [7, 11) is 0. The van der Waals surface area contributed by atoms with E-state index in [-0.39, 0.29) is 0 Å². The average Bonchev–Trinajstić information content (AvgIpc) is 2.87. The van der Waals surface area contributed by atoms with Crippen LogP contribution in [0.4, 0.5) is 0 Å². The highest BCUT2D eigenvalue weighted by atomic mass is 32.1. The molecule has 0 aliphatic carbocycles. The Labute approximate surface area is 111 Å². The molecule has 1 unspecified atom stereocenters. The molecule has 2 aromatic rings. The van der Waals surface area contributed by atoms with Crippen LogP contribution in [0.3, 0.4) is 0 Å². The van der Waals surface area contributed by atoms with Crippen LogP contribution in [0.25, 0.3) is 0 Å². The Kier molecular flexibility index (Phi) is 4.31. The second kappa shape index (κ2) is 5.76. The summed E-state index contributed by atoms with van der Waals surface area (Å²) in [5, 5.41) is 9.06. The number of nitrogens with zero attached hydrogens (tertiary/aromatic N) is 1. The molecule has 0 saturated heterocycles. The van der Waals surface area contributed by atoms with Gasteiger partial charge in [-0.05, 0) is 37.8 Å². The van der Waals surface area contributed by atoms with Gasteiger partial charge < -0.3 is 5.32 Å². The molecule has 2 heterocycles. The fourth-order valence-electron chi connectivity index (χ4n) is 1.83. The summed E-state index contributed by atoms with van der Waals surface area (Å²) >= 11 is 3.59. The Morgan fingerprint density at radius 3 is 2.76 bits per heavy atom. The third-order valence-corrected chi connectivity index (χ3v) is 4.98. The smallest absolute Gasteiger partial charge is 0.0940 e. The highest BCUT2D eigenvalue weighted by Gasteiger charge is 2.09. The molecule has 4 heteroatoms. The van der Waals surface area contributed by atoms with E-state index in [2.05, 4.69) is 41.0 Å². The number of aromatic nitrogens is 1. The Morgan fingerprint density at radius 1 is 1.35 bits per heavy atom. The second-order valence-corrected chi connectivity index (χ2v) is 6.17. The summed E-state index contributed by atoms with van der Waals surface area (Å²) in [5.41, 5.74) is 2.52. The van der Waals surface area contributed by atoms with Crippen molar-refractivity contribution in [2.24, 2.45) is 0 Å². The van der Waals surface area contributed by atoms with Crippen LogP contribution >= 0.6 is 22.7 Å². The van der Waals surface area contributed by atoms with Crippen LogP contribution < -0.4 is 5.32 Å². The van der Waals surface area contributed by atoms with Gasteiger partial charge in [0.2, 0.25) is 0 Å². The van der Waals surface area contributed by atoms with E-state index in [1.54, 1.807) is 11.3 Å². The van der Waals surface area contributed by atoms with Gasteiger partial charge in [-0.25, -0.2) is 4.98 Å².